The first-order valence-electron chi connectivity index (χ1n) is 8.43. The lowest BCUT2D eigenvalue weighted by molar-refractivity contribution is 0.0686. The maximum Gasteiger partial charge on any atom is 0.266 e. The third-order valence-corrected chi connectivity index (χ3v) is 5.03. The molecule has 0 saturated carbocycles. The van der Waals surface area contributed by atoms with E-state index in [9.17, 15) is 4.79 Å². The monoisotopic (exact) mass is 380 g/mol. The van der Waals surface area contributed by atoms with Crippen LogP contribution in [-0.2, 0) is 6.61 Å². The summed E-state index contributed by atoms with van der Waals surface area (Å²) >= 11 is 7.28. The van der Waals surface area contributed by atoms with Crippen LogP contribution in [-0.4, -0.2) is 28.4 Å². The Balaban J connectivity index is 2.10. The van der Waals surface area contributed by atoms with E-state index in [0.717, 1.165) is 23.0 Å². The Bertz CT molecular complexity index is 711. The van der Waals surface area contributed by atoms with Gasteiger partial charge in [-0.25, -0.2) is 4.98 Å². The fraction of sp³-hybridized carbons (Fsp3) is 0.474. The molecule has 2 aromatic rings. The lowest BCUT2D eigenvalue weighted by Gasteiger charge is -2.28. The molecule has 6 heteroatoms. The number of nitrogens with zero attached hydrogens (tertiary/aromatic N) is 2. The summed E-state index contributed by atoms with van der Waals surface area (Å²) in [6, 6.07) is 7.36. The molecular formula is C19H25ClN2O2S. The van der Waals surface area contributed by atoms with Crippen LogP contribution >= 0.6 is 22.9 Å². The van der Waals surface area contributed by atoms with Crippen LogP contribution in [0.5, 0.6) is 5.75 Å². The fourth-order valence-corrected chi connectivity index (χ4v) is 3.50. The maximum absolute atomic E-state index is 12.9. The molecule has 1 amide bonds. The highest BCUT2D eigenvalue weighted by atomic mass is 35.5. The highest BCUT2D eigenvalue weighted by Crippen LogP contribution is 2.24. The SMILES string of the molecule is Cc1nc(COc2ccc(Cl)cc2)sc1C(=O)N(CC(C)C)C(C)C. The van der Waals surface area contributed by atoms with Gasteiger partial charge in [-0.2, -0.15) is 0 Å². The molecular weight excluding hydrogens is 356 g/mol. The van der Waals surface area contributed by atoms with Gasteiger partial charge in [0, 0.05) is 17.6 Å². The van der Waals surface area contributed by atoms with E-state index in [1.165, 1.54) is 11.3 Å². The summed E-state index contributed by atoms with van der Waals surface area (Å²) in [5, 5.41) is 1.47. The first-order chi connectivity index (χ1) is 11.8. The van der Waals surface area contributed by atoms with Gasteiger partial charge in [-0.3, -0.25) is 4.79 Å². The number of rotatable bonds is 7. The lowest BCUT2D eigenvalue weighted by Crippen LogP contribution is -2.39. The number of benzene rings is 1. The van der Waals surface area contributed by atoms with Crippen molar-refractivity contribution in [3.63, 3.8) is 0 Å². The van der Waals surface area contributed by atoms with Gasteiger partial charge in [0.1, 0.15) is 22.2 Å². The van der Waals surface area contributed by atoms with Crippen LogP contribution in [0.3, 0.4) is 0 Å². The number of aryl methyl sites for hydroxylation is 1. The van der Waals surface area contributed by atoms with Crippen LogP contribution < -0.4 is 4.74 Å². The predicted octanol–water partition coefficient (Wildman–Crippen LogP) is 5.19. The van der Waals surface area contributed by atoms with Crippen LogP contribution in [0.15, 0.2) is 24.3 Å². The van der Waals surface area contributed by atoms with Gasteiger partial charge >= 0.3 is 0 Å². The summed E-state index contributed by atoms with van der Waals surface area (Å²) in [5.41, 5.74) is 0.763. The van der Waals surface area contributed by atoms with E-state index >= 15 is 0 Å². The van der Waals surface area contributed by atoms with Crippen molar-refractivity contribution in [1.29, 1.82) is 0 Å². The zero-order valence-corrected chi connectivity index (χ0v) is 16.9. The molecule has 2 rings (SSSR count). The van der Waals surface area contributed by atoms with Gasteiger partial charge in [0.05, 0.1) is 5.69 Å². The summed E-state index contributed by atoms with van der Waals surface area (Å²) in [6.07, 6.45) is 0. The Morgan fingerprint density at radius 1 is 1.24 bits per heavy atom. The molecule has 0 saturated heterocycles. The number of carbonyl (C=O) groups excluding carboxylic acids is 1. The average molecular weight is 381 g/mol. The van der Waals surface area contributed by atoms with Crippen molar-refractivity contribution in [1.82, 2.24) is 9.88 Å². The third kappa shape index (κ3) is 5.44. The van der Waals surface area contributed by atoms with Gasteiger partial charge in [0.25, 0.3) is 5.91 Å². The summed E-state index contributed by atoms with van der Waals surface area (Å²) in [4.78, 5) is 20.0. The quantitative estimate of drug-likeness (QED) is 0.663. The maximum atomic E-state index is 12.9. The topological polar surface area (TPSA) is 42.4 Å². The van der Waals surface area contributed by atoms with Gasteiger partial charge in [-0.1, -0.05) is 25.4 Å². The number of halogens is 1. The minimum absolute atomic E-state index is 0.0523. The van der Waals surface area contributed by atoms with Gasteiger partial charge in [0.15, 0.2) is 0 Å². The van der Waals surface area contributed by atoms with Crippen molar-refractivity contribution in [2.24, 2.45) is 5.92 Å². The molecule has 0 N–H and O–H groups in total. The first kappa shape index (κ1) is 19.7. The van der Waals surface area contributed by atoms with E-state index in [0.29, 0.717) is 22.4 Å². The molecule has 1 aromatic carbocycles. The fourth-order valence-electron chi connectivity index (χ4n) is 2.44. The Morgan fingerprint density at radius 2 is 1.88 bits per heavy atom. The smallest absolute Gasteiger partial charge is 0.266 e. The van der Waals surface area contributed by atoms with Crippen LogP contribution in [0.25, 0.3) is 0 Å². The number of hydrogen-bond acceptors (Lipinski definition) is 4. The first-order valence-corrected chi connectivity index (χ1v) is 9.63. The van der Waals surface area contributed by atoms with Crippen molar-refractivity contribution in [3.8, 4) is 5.75 Å². The molecule has 4 nitrogen and oxygen atoms in total. The van der Waals surface area contributed by atoms with E-state index in [1.807, 2.05) is 37.8 Å². The van der Waals surface area contributed by atoms with E-state index in [1.54, 1.807) is 12.1 Å². The molecule has 0 aliphatic carbocycles. The molecule has 25 heavy (non-hydrogen) atoms. The minimum Gasteiger partial charge on any atom is -0.486 e. The van der Waals surface area contributed by atoms with Crippen molar-refractivity contribution in [2.45, 2.75) is 47.3 Å². The van der Waals surface area contributed by atoms with Crippen molar-refractivity contribution in [2.75, 3.05) is 6.54 Å². The van der Waals surface area contributed by atoms with Gasteiger partial charge in [0.2, 0.25) is 0 Å². The molecule has 0 radical (unpaired) electrons. The average Bonchev–Trinajstić information content (AvgIpc) is 2.92. The summed E-state index contributed by atoms with van der Waals surface area (Å²) in [6.45, 7) is 11.3. The molecule has 0 fully saturated rings. The van der Waals surface area contributed by atoms with Crippen molar-refractivity contribution in [3.05, 3.63) is 44.9 Å². The molecule has 0 aliphatic rings. The van der Waals surface area contributed by atoms with E-state index < -0.39 is 0 Å². The predicted molar refractivity (Wildman–Crippen MR) is 104 cm³/mol. The molecule has 136 valence electrons. The Kier molecular flexibility index (Phi) is 6.85. The lowest BCUT2D eigenvalue weighted by atomic mass is 10.1. The molecule has 1 heterocycles. The summed E-state index contributed by atoms with van der Waals surface area (Å²) in [7, 11) is 0. The van der Waals surface area contributed by atoms with Crippen molar-refractivity contribution >= 4 is 28.8 Å². The molecule has 0 unspecified atom stereocenters. The van der Waals surface area contributed by atoms with Crippen LogP contribution in [0.4, 0.5) is 0 Å². The van der Waals surface area contributed by atoms with Gasteiger partial charge in [-0.15, -0.1) is 11.3 Å². The van der Waals surface area contributed by atoms with E-state index in [4.69, 9.17) is 16.3 Å². The molecule has 1 aromatic heterocycles. The minimum atomic E-state index is 0.0523. The number of amides is 1. The van der Waals surface area contributed by atoms with Gasteiger partial charge in [-0.05, 0) is 51.0 Å². The van der Waals surface area contributed by atoms with E-state index in [2.05, 4.69) is 18.8 Å². The summed E-state index contributed by atoms with van der Waals surface area (Å²) in [5.74, 6) is 1.21. The van der Waals surface area contributed by atoms with Crippen molar-refractivity contribution < 1.29 is 9.53 Å². The standard InChI is InChI=1S/C19H25ClN2O2S/c1-12(2)10-22(13(3)4)19(23)18-14(5)21-17(25-18)11-24-16-8-6-15(20)7-9-16/h6-9,12-13H,10-11H2,1-5H3. The van der Waals surface area contributed by atoms with Gasteiger partial charge < -0.3 is 9.64 Å². The zero-order chi connectivity index (χ0) is 18.6. The molecule has 0 spiro atoms. The third-order valence-electron chi connectivity index (χ3n) is 3.66. The molecule has 0 aliphatic heterocycles. The highest BCUT2D eigenvalue weighted by Gasteiger charge is 2.24. The number of aromatic nitrogens is 1. The highest BCUT2D eigenvalue weighted by molar-refractivity contribution is 7.13. The van der Waals surface area contributed by atoms with E-state index in [-0.39, 0.29) is 11.9 Å². The Labute approximate surface area is 158 Å². The van der Waals surface area contributed by atoms with Crippen LogP contribution in [0.2, 0.25) is 5.02 Å². The molecule has 0 atom stereocenters. The normalized spacial score (nSPS) is 11.2. The van der Waals surface area contributed by atoms with Crippen LogP contribution in [0.1, 0.15) is 48.1 Å². The number of carbonyl (C=O) groups is 1. The second-order valence-corrected chi connectivity index (χ2v) is 8.23. The Hall–Kier alpha value is -1.59. The number of ether oxygens (including phenoxy) is 1. The number of thiazole rings is 1. The zero-order valence-electron chi connectivity index (χ0n) is 15.4. The second-order valence-electron chi connectivity index (χ2n) is 6.71. The Morgan fingerprint density at radius 3 is 2.44 bits per heavy atom. The molecule has 0 bridgehead atoms. The largest absolute Gasteiger partial charge is 0.486 e. The second kappa shape index (κ2) is 8.68. The summed E-state index contributed by atoms with van der Waals surface area (Å²) < 4.78 is 5.73. The van der Waals surface area contributed by atoms with Crippen LogP contribution in [0, 0.1) is 12.8 Å². The number of hydrogen-bond donors (Lipinski definition) is 0.